The fourth-order valence-electron chi connectivity index (χ4n) is 0.680. The zero-order valence-corrected chi connectivity index (χ0v) is 6.25. The molecule has 0 aliphatic heterocycles. The highest BCUT2D eigenvalue weighted by atomic mass is 32.2. The van der Waals surface area contributed by atoms with Gasteiger partial charge in [0.15, 0.2) is 11.1 Å². The largest absolute Gasteiger partial charge is 0.302 e. The summed E-state index contributed by atoms with van der Waals surface area (Å²) < 4.78 is 19.1. The minimum absolute atomic E-state index is 0.00772. The van der Waals surface area contributed by atoms with Gasteiger partial charge < -0.3 is 4.55 Å². The van der Waals surface area contributed by atoms with E-state index >= 15 is 0 Å². The lowest BCUT2D eigenvalue weighted by Crippen LogP contribution is -1.87. The molecule has 1 N–H and O–H groups in total. The fraction of sp³-hybridized carbons (Fsp3) is 0. The maximum atomic E-state index is 10.5. The molecule has 0 heterocycles. The lowest BCUT2D eigenvalue weighted by Gasteiger charge is -1.94. The summed E-state index contributed by atoms with van der Waals surface area (Å²) in [4.78, 5) is 10.1. The Morgan fingerprint density at radius 3 is 2.45 bits per heavy atom. The molecule has 0 aliphatic rings. The first kappa shape index (κ1) is 8.03. The Bertz CT molecular complexity index is 300. The first-order chi connectivity index (χ1) is 5.25. The Morgan fingerprint density at radius 2 is 2.00 bits per heavy atom. The molecule has 1 atom stereocenters. The smallest absolute Gasteiger partial charge is 0.188 e. The molecule has 1 aromatic carbocycles. The maximum absolute atomic E-state index is 10.5. The van der Waals surface area contributed by atoms with Gasteiger partial charge in [-0.05, 0) is 17.3 Å². The van der Waals surface area contributed by atoms with E-state index in [0.29, 0.717) is 0 Å². The van der Waals surface area contributed by atoms with Gasteiger partial charge in [-0.3, -0.25) is 0 Å². The summed E-state index contributed by atoms with van der Waals surface area (Å²) in [6, 6.07) is 5.91. The van der Waals surface area contributed by atoms with E-state index in [1.807, 2.05) is 0 Å². The Hall–Kier alpha value is -1.07. The second-order valence-corrected chi connectivity index (χ2v) is 2.75. The van der Waals surface area contributed by atoms with Gasteiger partial charge in [0.2, 0.25) is 0 Å². The predicted octanol–water partition coefficient (Wildman–Crippen LogP) is 1.67. The molecule has 0 spiro atoms. The second-order valence-electron chi connectivity index (χ2n) is 1.81. The van der Waals surface area contributed by atoms with Gasteiger partial charge in [-0.15, -0.1) is 4.91 Å². The summed E-state index contributed by atoms with van der Waals surface area (Å²) in [6.07, 6.45) is 0. The van der Waals surface area contributed by atoms with Crippen molar-refractivity contribution in [1.29, 1.82) is 0 Å². The van der Waals surface area contributed by atoms with Crippen LogP contribution in [0, 0.1) is 4.91 Å². The van der Waals surface area contributed by atoms with Crippen LogP contribution in [-0.2, 0) is 11.1 Å². The maximum Gasteiger partial charge on any atom is 0.188 e. The van der Waals surface area contributed by atoms with E-state index in [4.69, 9.17) is 4.55 Å². The SMILES string of the molecule is O=Nc1ccccc1S(=O)O. The average molecular weight is 171 g/mol. The number of rotatable bonds is 2. The second kappa shape index (κ2) is 3.36. The van der Waals surface area contributed by atoms with E-state index in [1.165, 1.54) is 12.1 Å². The standard InChI is InChI=1S/C6H5NO3S/c8-7-5-3-1-2-4-6(5)11(9)10/h1-4H,(H,9,10). The van der Waals surface area contributed by atoms with Crippen molar-refractivity contribution in [1.82, 2.24) is 0 Å². The number of nitroso groups, excluding NO2 is 1. The molecule has 0 saturated heterocycles. The molecule has 1 unspecified atom stereocenters. The van der Waals surface area contributed by atoms with Gasteiger partial charge in [-0.25, -0.2) is 4.21 Å². The number of benzene rings is 1. The molecule has 1 aromatic rings. The molecule has 0 bridgehead atoms. The Labute approximate surface area is 65.5 Å². The number of nitrogens with zero attached hydrogens (tertiary/aromatic N) is 1. The van der Waals surface area contributed by atoms with Gasteiger partial charge in [-0.2, -0.15) is 0 Å². The zero-order chi connectivity index (χ0) is 8.27. The minimum atomic E-state index is -2.13. The summed E-state index contributed by atoms with van der Waals surface area (Å²) in [7, 11) is 0. The molecule has 0 aromatic heterocycles. The van der Waals surface area contributed by atoms with E-state index in [9.17, 15) is 9.12 Å². The zero-order valence-electron chi connectivity index (χ0n) is 5.43. The van der Waals surface area contributed by atoms with Crippen LogP contribution in [0.1, 0.15) is 0 Å². The Kier molecular flexibility index (Phi) is 2.45. The minimum Gasteiger partial charge on any atom is -0.302 e. The Morgan fingerprint density at radius 1 is 1.36 bits per heavy atom. The van der Waals surface area contributed by atoms with Crippen LogP contribution >= 0.6 is 0 Å². The van der Waals surface area contributed by atoms with Crippen molar-refractivity contribution in [3.8, 4) is 0 Å². The van der Waals surface area contributed by atoms with Gasteiger partial charge in [0.05, 0.1) is 4.90 Å². The van der Waals surface area contributed by atoms with Crippen molar-refractivity contribution < 1.29 is 8.76 Å². The molecule has 0 saturated carbocycles. The van der Waals surface area contributed by atoms with Crippen molar-refractivity contribution >= 4 is 16.8 Å². The van der Waals surface area contributed by atoms with Crippen LogP contribution < -0.4 is 0 Å². The normalized spacial score (nSPS) is 12.5. The van der Waals surface area contributed by atoms with Crippen LogP contribution in [0.3, 0.4) is 0 Å². The summed E-state index contributed by atoms with van der Waals surface area (Å²) in [5, 5.41) is 2.59. The van der Waals surface area contributed by atoms with Crippen molar-refractivity contribution in [2.45, 2.75) is 4.90 Å². The summed E-state index contributed by atoms with van der Waals surface area (Å²) in [5.41, 5.74) is 0.00772. The van der Waals surface area contributed by atoms with Crippen LogP contribution in [0.5, 0.6) is 0 Å². The van der Waals surface area contributed by atoms with Crippen molar-refractivity contribution in [3.63, 3.8) is 0 Å². The quantitative estimate of drug-likeness (QED) is 0.543. The molecular weight excluding hydrogens is 166 g/mol. The summed E-state index contributed by atoms with van der Waals surface area (Å²) in [5.74, 6) is 0. The van der Waals surface area contributed by atoms with Crippen LogP contribution in [0.15, 0.2) is 34.3 Å². The molecular formula is C6H5NO3S. The van der Waals surface area contributed by atoms with Crippen molar-refractivity contribution in [2.75, 3.05) is 0 Å². The first-order valence-corrected chi connectivity index (χ1v) is 3.89. The molecule has 1 rings (SSSR count). The van der Waals surface area contributed by atoms with Crippen molar-refractivity contribution in [3.05, 3.63) is 29.2 Å². The van der Waals surface area contributed by atoms with Gasteiger partial charge in [0.25, 0.3) is 0 Å². The predicted molar refractivity (Wildman–Crippen MR) is 40.9 cm³/mol. The van der Waals surface area contributed by atoms with E-state index in [2.05, 4.69) is 5.18 Å². The van der Waals surface area contributed by atoms with E-state index < -0.39 is 11.1 Å². The highest BCUT2D eigenvalue weighted by molar-refractivity contribution is 7.79. The summed E-state index contributed by atoms with van der Waals surface area (Å²) >= 11 is -2.13. The van der Waals surface area contributed by atoms with Gasteiger partial charge in [0, 0.05) is 0 Å². The lowest BCUT2D eigenvalue weighted by atomic mass is 10.3. The van der Waals surface area contributed by atoms with Crippen LogP contribution in [-0.4, -0.2) is 8.76 Å². The summed E-state index contributed by atoms with van der Waals surface area (Å²) in [6.45, 7) is 0. The molecule has 0 aliphatic carbocycles. The lowest BCUT2D eigenvalue weighted by molar-refractivity contribution is 0.564. The molecule has 5 heteroatoms. The third-order valence-corrected chi connectivity index (χ3v) is 1.87. The van der Waals surface area contributed by atoms with Crippen LogP contribution in [0.25, 0.3) is 0 Å². The molecule has 11 heavy (non-hydrogen) atoms. The number of hydrogen-bond acceptors (Lipinski definition) is 3. The first-order valence-electron chi connectivity index (χ1n) is 2.79. The van der Waals surface area contributed by atoms with Crippen LogP contribution in [0.4, 0.5) is 5.69 Å². The molecule has 0 fully saturated rings. The van der Waals surface area contributed by atoms with E-state index in [1.54, 1.807) is 12.1 Å². The monoisotopic (exact) mass is 171 g/mol. The molecule has 0 radical (unpaired) electrons. The van der Waals surface area contributed by atoms with E-state index in [0.717, 1.165) is 0 Å². The van der Waals surface area contributed by atoms with Gasteiger partial charge in [0.1, 0.15) is 5.69 Å². The topological polar surface area (TPSA) is 66.7 Å². The molecule has 4 nitrogen and oxygen atoms in total. The highest BCUT2D eigenvalue weighted by Crippen LogP contribution is 2.20. The molecule has 58 valence electrons. The van der Waals surface area contributed by atoms with Crippen molar-refractivity contribution in [2.24, 2.45) is 5.18 Å². The van der Waals surface area contributed by atoms with Gasteiger partial charge >= 0.3 is 0 Å². The van der Waals surface area contributed by atoms with Crippen LogP contribution in [0.2, 0.25) is 0 Å². The number of hydrogen-bond donors (Lipinski definition) is 1. The Balaban J connectivity index is 3.22. The van der Waals surface area contributed by atoms with Gasteiger partial charge in [-0.1, -0.05) is 12.1 Å². The fourth-order valence-corrected chi connectivity index (χ4v) is 1.16. The third-order valence-electron chi connectivity index (χ3n) is 1.15. The third kappa shape index (κ3) is 1.69. The highest BCUT2D eigenvalue weighted by Gasteiger charge is 2.05. The average Bonchev–Trinajstić information content (AvgIpc) is 2.04. The molecule has 0 amide bonds. The van der Waals surface area contributed by atoms with E-state index in [-0.39, 0.29) is 10.6 Å².